The van der Waals surface area contributed by atoms with Gasteiger partial charge in [0.15, 0.2) is 5.75 Å². The third-order valence-electron chi connectivity index (χ3n) is 4.64. The summed E-state index contributed by atoms with van der Waals surface area (Å²) in [5, 5.41) is 9.63. The third kappa shape index (κ3) is 2.88. The molecule has 23 heavy (non-hydrogen) atoms. The smallest absolute Gasteiger partial charge is 0.158 e. The minimum Gasteiger partial charge on any atom is -0.496 e. The van der Waals surface area contributed by atoms with Gasteiger partial charge in [-0.05, 0) is 32.3 Å². The summed E-state index contributed by atoms with van der Waals surface area (Å²) in [5.74, 6) is 2.44. The number of nitrogens with zero attached hydrogens (tertiary/aromatic N) is 2. The molecule has 3 rings (SSSR count). The number of aliphatic hydroxyl groups is 1. The molecule has 2 aromatic rings. The van der Waals surface area contributed by atoms with E-state index in [1.807, 2.05) is 32.0 Å². The number of aromatic nitrogens is 2. The molecule has 0 spiro atoms. The summed E-state index contributed by atoms with van der Waals surface area (Å²) in [4.78, 5) is 8.53. The Morgan fingerprint density at radius 2 is 2.04 bits per heavy atom. The van der Waals surface area contributed by atoms with Gasteiger partial charge >= 0.3 is 0 Å². The molecule has 2 unspecified atom stereocenters. The fraction of sp³-hybridized carbons (Fsp3) is 0.444. The predicted molar refractivity (Wildman–Crippen MR) is 86.9 cm³/mol. The van der Waals surface area contributed by atoms with Gasteiger partial charge in [-0.3, -0.25) is 0 Å². The largest absolute Gasteiger partial charge is 0.496 e. The van der Waals surface area contributed by atoms with Crippen LogP contribution in [-0.4, -0.2) is 35.4 Å². The van der Waals surface area contributed by atoms with Crippen molar-refractivity contribution in [3.63, 3.8) is 0 Å². The summed E-state index contributed by atoms with van der Waals surface area (Å²) in [6, 6.07) is 7.94. The van der Waals surface area contributed by atoms with Crippen LogP contribution in [-0.2, 0) is 5.41 Å². The van der Waals surface area contributed by atoms with Crippen molar-refractivity contribution < 1.29 is 14.6 Å². The van der Waals surface area contributed by atoms with Crippen molar-refractivity contribution in [1.82, 2.24) is 9.97 Å². The standard InChI is InChI=1S/C18H22N2O3/c1-12-17(9-19-13(2)20-12)23-11-18(8-14(18)10-21)15-6-4-5-7-16(15)22-3/h4-7,9,14,21H,8,10-11H2,1-3H3. The summed E-state index contributed by atoms with van der Waals surface area (Å²) in [6.45, 7) is 4.39. The maximum atomic E-state index is 9.63. The maximum absolute atomic E-state index is 9.63. The van der Waals surface area contributed by atoms with Crippen molar-refractivity contribution in [3.05, 3.63) is 47.5 Å². The lowest BCUT2D eigenvalue weighted by Crippen LogP contribution is -2.23. The number of rotatable bonds is 6. The van der Waals surface area contributed by atoms with Crippen molar-refractivity contribution in [2.75, 3.05) is 20.3 Å². The maximum Gasteiger partial charge on any atom is 0.158 e. The zero-order chi connectivity index (χ0) is 16.4. The highest BCUT2D eigenvalue weighted by atomic mass is 16.5. The molecular formula is C18H22N2O3. The topological polar surface area (TPSA) is 64.5 Å². The van der Waals surface area contributed by atoms with Gasteiger partial charge in [0.2, 0.25) is 0 Å². The highest BCUT2D eigenvalue weighted by Gasteiger charge is 2.57. The molecule has 5 nitrogen and oxygen atoms in total. The second kappa shape index (κ2) is 6.16. The Balaban J connectivity index is 1.85. The molecular weight excluding hydrogens is 292 g/mol. The summed E-state index contributed by atoms with van der Waals surface area (Å²) in [6.07, 6.45) is 2.60. The van der Waals surface area contributed by atoms with Crippen molar-refractivity contribution in [2.24, 2.45) is 5.92 Å². The zero-order valence-corrected chi connectivity index (χ0v) is 13.7. The van der Waals surface area contributed by atoms with Gasteiger partial charge in [-0.25, -0.2) is 9.97 Å². The molecule has 1 aliphatic rings. The SMILES string of the molecule is COc1ccccc1C1(COc2cnc(C)nc2C)CC1CO. The van der Waals surface area contributed by atoms with Crippen LogP contribution in [0, 0.1) is 19.8 Å². The van der Waals surface area contributed by atoms with E-state index in [9.17, 15) is 5.11 Å². The fourth-order valence-electron chi connectivity index (χ4n) is 3.18. The van der Waals surface area contributed by atoms with Crippen molar-refractivity contribution in [3.8, 4) is 11.5 Å². The third-order valence-corrected chi connectivity index (χ3v) is 4.64. The number of ether oxygens (including phenoxy) is 2. The Morgan fingerprint density at radius 1 is 1.26 bits per heavy atom. The van der Waals surface area contributed by atoms with E-state index in [0.29, 0.717) is 12.4 Å². The lowest BCUT2D eigenvalue weighted by Gasteiger charge is -2.21. The second-order valence-electron chi connectivity index (χ2n) is 6.10. The van der Waals surface area contributed by atoms with E-state index in [-0.39, 0.29) is 17.9 Å². The van der Waals surface area contributed by atoms with Crippen LogP contribution in [0.15, 0.2) is 30.5 Å². The van der Waals surface area contributed by atoms with Crippen molar-refractivity contribution in [2.45, 2.75) is 25.7 Å². The van der Waals surface area contributed by atoms with E-state index in [4.69, 9.17) is 9.47 Å². The van der Waals surface area contributed by atoms with Crippen LogP contribution < -0.4 is 9.47 Å². The zero-order valence-electron chi connectivity index (χ0n) is 13.7. The van der Waals surface area contributed by atoms with Crippen LogP contribution in [0.25, 0.3) is 0 Å². The van der Waals surface area contributed by atoms with E-state index in [2.05, 4.69) is 16.0 Å². The minimum atomic E-state index is -0.210. The molecule has 5 heteroatoms. The normalized spacial score (nSPS) is 22.7. The Labute approximate surface area is 136 Å². The number of methoxy groups -OCH3 is 1. The van der Waals surface area contributed by atoms with Crippen LogP contribution in [0.4, 0.5) is 0 Å². The number of hydrogen-bond donors (Lipinski definition) is 1. The molecule has 0 radical (unpaired) electrons. The summed E-state index contributed by atoms with van der Waals surface area (Å²) >= 11 is 0. The lowest BCUT2D eigenvalue weighted by molar-refractivity contribution is 0.222. The van der Waals surface area contributed by atoms with Gasteiger partial charge in [-0.15, -0.1) is 0 Å². The van der Waals surface area contributed by atoms with Gasteiger partial charge < -0.3 is 14.6 Å². The molecule has 1 saturated carbocycles. The molecule has 1 heterocycles. The Hall–Kier alpha value is -2.14. The molecule has 1 fully saturated rings. The van der Waals surface area contributed by atoms with E-state index in [0.717, 1.165) is 29.3 Å². The molecule has 122 valence electrons. The predicted octanol–water partition coefficient (Wildman–Crippen LogP) is 2.43. The van der Waals surface area contributed by atoms with Gasteiger partial charge in [-0.1, -0.05) is 18.2 Å². The van der Waals surface area contributed by atoms with Crippen LogP contribution >= 0.6 is 0 Å². The van der Waals surface area contributed by atoms with Gasteiger partial charge in [0.1, 0.15) is 11.6 Å². The minimum absolute atomic E-state index is 0.144. The van der Waals surface area contributed by atoms with Crippen LogP contribution in [0.1, 0.15) is 23.5 Å². The average Bonchev–Trinajstić information content (AvgIpc) is 3.28. The van der Waals surface area contributed by atoms with Crippen LogP contribution in [0.5, 0.6) is 11.5 Å². The van der Waals surface area contributed by atoms with Gasteiger partial charge in [0, 0.05) is 17.6 Å². The van der Waals surface area contributed by atoms with Crippen molar-refractivity contribution >= 4 is 0 Å². The Morgan fingerprint density at radius 3 is 2.70 bits per heavy atom. The average molecular weight is 314 g/mol. The molecule has 0 aliphatic heterocycles. The summed E-state index contributed by atoms with van der Waals surface area (Å²) in [5.41, 5.74) is 1.71. The van der Waals surface area contributed by atoms with E-state index >= 15 is 0 Å². The first kappa shape index (κ1) is 15.7. The highest BCUT2D eigenvalue weighted by Crippen LogP contribution is 2.56. The number of benzene rings is 1. The first-order valence-electron chi connectivity index (χ1n) is 7.78. The number of aliphatic hydroxyl groups excluding tert-OH is 1. The van der Waals surface area contributed by atoms with Gasteiger partial charge in [0.05, 0.1) is 25.6 Å². The first-order valence-corrected chi connectivity index (χ1v) is 7.78. The fourth-order valence-corrected chi connectivity index (χ4v) is 3.18. The van der Waals surface area contributed by atoms with Crippen LogP contribution in [0.3, 0.4) is 0 Å². The van der Waals surface area contributed by atoms with Gasteiger partial charge in [-0.2, -0.15) is 0 Å². The molecule has 0 bridgehead atoms. The highest BCUT2D eigenvalue weighted by molar-refractivity contribution is 5.45. The van der Waals surface area contributed by atoms with Crippen LogP contribution in [0.2, 0.25) is 0 Å². The molecule has 0 saturated heterocycles. The number of hydrogen-bond acceptors (Lipinski definition) is 5. The Bertz CT molecular complexity index is 704. The molecule has 1 aromatic carbocycles. The summed E-state index contributed by atoms with van der Waals surface area (Å²) < 4.78 is 11.5. The number of para-hydroxylation sites is 1. The second-order valence-corrected chi connectivity index (χ2v) is 6.10. The van der Waals surface area contributed by atoms with E-state index < -0.39 is 0 Å². The molecule has 1 aliphatic carbocycles. The van der Waals surface area contributed by atoms with E-state index in [1.54, 1.807) is 13.3 Å². The first-order chi connectivity index (χ1) is 11.1. The quantitative estimate of drug-likeness (QED) is 0.887. The van der Waals surface area contributed by atoms with E-state index in [1.165, 1.54) is 0 Å². The molecule has 0 amide bonds. The van der Waals surface area contributed by atoms with Gasteiger partial charge in [0.25, 0.3) is 0 Å². The lowest BCUT2D eigenvalue weighted by atomic mass is 9.93. The number of aryl methyl sites for hydroxylation is 2. The molecule has 1 N–H and O–H groups in total. The van der Waals surface area contributed by atoms with Crippen molar-refractivity contribution in [1.29, 1.82) is 0 Å². The summed E-state index contributed by atoms with van der Waals surface area (Å²) in [7, 11) is 1.67. The monoisotopic (exact) mass is 314 g/mol. The molecule has 2 atom stereocenters. The molecule has 1 aromatic heterocycles. The Kier molecular flexibility index (Phi) is 4.22.